The normalized spacial score (nSPS) is 13.7. The minimum absolute atomic E-state index is 0.0468. The average molecular weight is 1070 g/mol. The molecule has 0 aromatic carbocycles. The van der Waals surface area contributed by atoms with Gasteiger partial charge in [-0.25, -0.2) is 4.57 Å². The molecule has 0 bridgehead atoms. The van der Waals surface area contributed by atoms with Crippen molar-refractivity contribution >= 4 is 19.8 Å². The smallest absolute Gasteiger partial charge is 0.462 e. The van der Waals surface area contributed by atoms with E-state index in [1.807, 2.05) is 0 Å². The second-order valence-corrected chi connectivity index (χ2v) is 21.6. The van der Waals surface area contributed by atoms with Crippen molar-refractivity contribution in [3.63, 3.8) is 0 Å². The number of carbonyl (C=O) groups excluding carboxylic acids is 2. The lowest BCUT2D eigenvalue weighted by atomic mass is 10.0. The summed E-state index contributed by atoms with van der Waals surface area (Å²) < 4.78 is 33.1. The third-order valence-electron chi connectivity index (χ3n) is 13.0. The first-order valence-corrected chi connectivity index (χ1v) is 32.2. The van der Waals surface area contributed by atoms with Crippen LogP contribution in [0.15, 0.2) is 97.2 Å². The van der Waals surface area contributed by atoms with E-state index >= 15 is 0 Å². The molecule has 0 aliphatic rings. The molecule has 0 aromatic heterocycles. The summed E-state index contributed by atoms with van der Waals surface area (Å²) in [6.45, 7) is 3.62. The molecule has 0 aliphatic carbocycles. The predicted octanol–water partition coefficient (Wildman–Crippen LogP) is 19.6. The number of hydrogen-bond donors (Lipinski definition) is 2. The molecule has 0 heterocycles. The molecule has 0 rings (SSSR count). The number of carbonyl (C=O) groups is 2. The fourth-order valence-corrected chi connectivity index (χ4v) is 9.20. The average Bonchev–Trinajstić information content (AvgIpc) is 3.40. The molecule has 9 nitrogen and oxygen atoms in total. The molecular formula is C65H114NO8P. The highest BCUT2D eigenvalue weighted by Gasteiger charge is 2.26. The molecular weight excluding hydrogens is 954 g/mol. The van der Waals surface area contributed by atoms with E-state index in [1.54, 1.807) is 0 Å². The second-order valence-electron chi connectivity index (χ2n) is 20.2. The molecule has 0 amide bonds. The van der Waals surface area contributed by atoms with Crippen molar-refractivity contribution in [3.05, 3.63) is 97.2 Å². The molecule has 0 saturated carbocycles. The number of ether oxygens (including phenoxy) is 2. The minimum atomic E-state index is -4.40. The third-order valence-corrected chi connectivity index (χ3v) is 13.9. The molecule has 2 unspecified atom stereocenters. The molecule has 10 heteroatoms. The van der Waals surface area contributed by atoms with Crippen LogP contribution in [0.4, 0.5) is 0 Å². The SMILES string of the molecule is CC/C=C\C/C=C\C/C=C\C/C=C\C/C=C\C/C=C\CCCCCCCCC(=O)OC(COC(=O)CCCCCCCCCCCCCCCCCCC/C=C\C/C=C\CCCCCCC)COP(=O)(O)OCCN. The van der Waals surface area contributed by atoms with Gasteiger partial charge >= 0.3 is 19.8 Å². The van der Waals surface area contributed by atoms with Crippen LogP contribution in [0.2, 0.25) is 0 Å². The van der Waals surface area contributed by atoms with E-state index in [0.29, 0.717) is 6.42 Å². The Balaban J connectivity index is 3.98. The van der Waals surface area contributed by atoms with Gasteiger partial charge in [0.05, 0.1) is 13.2 Å². The number of nitrogens with two attached hydrogens (primary N) is 1. The lowest BCUT2D eigenvalue weighted by Gasteiger charge is -2.19. The summed E-state index contributed by atoms with van der Waals surface area (Å²) in [6, 6.07) is 0. The molecule has 2 atom stereocenters. The largest absolute Gasteiger partial charge is 0.472 e. The van der Waals surface area contributed by atoms with Crippen LogP contribution in [0, 0.1) is 0 Å². The van der Waals surface area contributed by atoms with Gasteiger partial charge in [-0.1, -0.05) is 259 Å². The van der Waals surface area contributed by atoms with Crippen molar-refractivity contribution < 1.29 is 37.6 Å². The number of hydrogen-bond acceptors (Lipinski definition) is 8. The number of phosphoric ester groups is 1. The van der Waals surface area contributed by atoms with Gasteiger partial charge in [0.2, 0.25) is 0 Å². The van der Waals surface area contributed by atoms with Crippen molar-refractivity contribution in [3.8, 4) is 0 Å². The zero-order chi connectivity index (χ0) is 54.5. The summed E-state index contributed by atoms with van der Waals surface area (Å²) >= 11 is 0. The molecule has 0 saturated heterocycles. The van der Waals surface area contributed by atoms with Gasteiger partial charge in [0.1, 0.15) is 6.61 Å². The van der Waals surface area contributed by atoms with Crippen molar-refractivity contribution in [2.24, 2.45) is 5.73 Å². The van der Waals surface area contributed by atoms with Crippen LogP contribution in [-0.2, 0) is 32.7 Å². The van der Waals surface area contributed by atoms with Crippen molar-refractivity contribution in [1.82, 2.24) is 0 Å². The Labute approximate surface area is 461 Å². The Morgan fingerprint density at radius 3 is 1.09 bits per heavy atom. The second kappa shape index (κ2) is 60.2. The van der Waals surface area contributed by atoms with E-state index in [-0.39, 0.29) is 38.6 Å². The van der Waals surface area contributed by atoms with E-state index in [4.69, 9.17) is 24.3 Å². The number of phosphoric acid groups is 1. The van der Waals surface area contributed by atoms with E-state index in [1.165, 1.54) is 135 Å². The summed E-state index contributed by atoms with van der Waals surface area (Å²) in [7, 11) is -4.40. The molecule has 0 spiro atoms. The Bertz CT molecular complexity index is 1550. The molecule has 0 fully saturated rings. The Morgan fingerprint density at radius 1 is 0.413 bits per heavy atom. The number of rotatable bonds is 57. The number of allylic oxidation sites excluding steroid dienone is 16. The first kappa shape index (κ1) is 71.9. The Morgan fingerprint density at radius 2 is 0.733 bits per heavy atom. The predicted molar refractivity (Wildman–Crippen MR) is 321 cm³/mol. The fourth-order valence-electron chi connectivity index (χ4n) is 8.44. The van der Waals surface area contributed by atoms with Crippen LogP contribution in [0.1, 0.15) is 271 Å². The van der Waals surface area contributed by atoms with Crippen LogP contribution < -0.4 is 5.73 Å². The van der Waals surface area contributed by atoms with E-state index in [2.05, 4.69) is 111 Å². The van der Waals surface area contributed by atoms with Gasteiger partial charge in [0, 0.05) is 19.4 Å². The monoisotopic (exact) mass is 1070 g/mol. The maximum absolute atomic E-state index is 12.7. The van der Waals surface area contributed by atoms with Crippen molar-refractivity contribution in [1.29, 1.82) is 0 Å². The summed E-state index contributed by atoms with van der Waals surface area (Å²) in [4.78, 5) is 35.2. The highest BCUT2D eigenvalue weighted by molar-refractivity contribution is 7.47. The highest BCUT2D eigenvalue weighted by atomic mass is 31.2. The van der Waals surface area contributed by atoms with Crippen LogP contribution >= 0.6 is 7.82 Å². The van der Waals surface area contributed by atoms with Crippen LogP contribution in [0.25, 0.3) is 0 Å². The Hall–Kier alpha value is -3.07. The molecule has 0 aliphatic heterocycles. The molecule has 75 heavy (non-hydrogen) atoms. The van der Waals surface area contributed by atoms with Gasteiger partial charge in [-0.15, -0.1) is 0 Å². The van der Waals surface area contributed by atoms with E-state index < -0.39 is 26.5 Å². The lowest BCUT2D eigenvalue weighted by Crippen LogP contribution is -2.29. The molecule has 3 N–H and O–H groups in total. The van der Waals surface area contributed by atoms with Crippen LogP contribution in [0.5, 0.6) is 0 Å². The maximum Gasteiger partial charge on any atom is 0.472 e. The summed E-state index contributed by atoms with van der Waals surface area (Å²) in [5, 5.41) is 0. The van der Waals surface area contributed by atoms with Gasteiger partial charge in [-0.05, 0) is 96.3 Å². The van der Waals surface area contributed by atoms with Crippen molar-refractivity contribution in [2.75, 3.05) is 26.4 Å². The van der Waals surface area contributed by atoms with Gasteiger partial charge in [-0.3, -0.25) is 18.6 Å². The zero-order valence-electron chi connectivity index (χ0n) is 48.3. The summed E-state index contributed by atoms with van der Waals surface area (Å²) in [5.41, 5.74) is 5.39. The third kappa shape index (κ3) is 60.0. The van der Waals surface area contributed by atoms with E-state index in [0.717, 1.165) is 103 Å². The first-order chi connectivity index (χ1) is 36.8. The van der Waals surface area contributed by atoms with Crippen LogP contribution in [-0.4, -0.2) is 49.3 Å². The van der Waals surface area contributed by atoms with Crippen LogP contribution in [0.3, 0.4) is 0 Å². The quantitative estimate of drug-likeness (QED) is 0.0264. The molecule has 432 valence electrons. The lowest BCUT2D eigenvalue weighted by molar-refractivity contribution is -0.161. The fraction of sp³-hybridized carbons (Fsp3) is 0.723. The topological polar surface area (TPSA) is 134 Å². The number of unbranched alkanes of at least 4 members (excludes halogenated alkanes) is 28. The van der Waals surface area contributed by atoms with Gasteiger partial charge < -0.3 is 20.1 Å². The number of esters is 2. The summed E-state index contributed by atoms with van der Waals surface area (Å²) in [6.07, 6.45) is 80.4. The highest BCUT2D eigenvalue weighted by Crippen LogP contribution is 2.43. The zero-order valence-corrected chi connectivity index (χ0v) is 49.2. The molecule has 0 radical (unpaired) electrons. The maximum atomic E-state index is 12.7. The minimum Gasteiger partial charge on any atom is -0.462 e. The molecule has 0 aromatic rings. The van der Waals surface area contributed by atoms with Gasteiger partial charge in [0.15, 0.2) is 6.10 Å². The first-order valence-electron chi connectivity index (χ1n) is 30.7. The van der Waals surface area contributed by atoms with Gasteiger partial charge in [0.25, 0.3) is 0 Å². The van der Waals surface area contributed by atoms with Crippen molar-refractivity contribution in [2.45, 2.75) is 277 Å². The Kier molecular flexibility index (Phi) is 57.7. The standard InChI is InChI=1S/C65H114NO8P/c1-3-5-7-9-11-13-15-17-19-21-23-25-27-29-30-31-32-34-35-37-39-41-43-45-47-49-51-53-55-57-64(67)71-61-63(62-73-75(69,70)72-60-59-66)74-65(68)58-56-54-52-50-48-46-44-42-40-38-36-33-28-26-24-22-20-18-16-14-12-10-8-6-4-2/h6,8,12,14-15,17-18,20-21,23-24,26,33,36,40,42,63H,3-5,7,9-11,13,16,19,22,25,27-32,34-35,37-39,41,43-62,66H2,1-2H3,(H,69,70)/b8-6-,14-12-,17-15-,20-18-,23-21-,26-24-,36-33-,42-40-. The summed E-state index contributed by atoms with van der Waals surface area (Å²) in [5.74, 6) is -0.842. The van der Waals surface area contributed by atoms with E-state index in [9.17, 15) is 19.0 Å². The van der Waals surface area contributed by atoms with Gasteiger partial charge in [-0.2, -0.15) is 0 Å².